The third-order valence-corrected chi connectivity index (χ3v) is 5.43. The zero-order valence-corrected chi connectivity index (χ0v) is 14.0. The molecule has 0 aromatic heterocycles. The van der Waals surface area contributed by atoms with E-state index in [2.05, 4.69) is 0 Å². The van der Waals surface area contributed by atoms with Crippen molar-refractivity contribution in [1.29, 1.82) is 0 Å². The molecule has 0 saturated heterocycles. The molecule has 0 spiro atoms. The summed E-state index contributed by atoms with van der Waals surface area (Å²) < 4.78 is 26.1. The lowest BCUT2D eigenvalue weighted by Gasteiger charge is -2.10. The van der Waals surface area contributed by atoms with E-state index in [1.165, 1.54) is 0 Å². The van der Waals surface area contributed by atoms with E-state index in [0.717, 1.165) is 11.1 Å². The van der Waals surface area contributed by atoms with Crippen molar-refractivity contribution in [2.45, 2.75) is 5.75 Å². The van der Waals surface area contributed by atoms with Gasteiger partial charge in [-0.2, -0.15) is 0 Å². The first-order valence-electron chi connectivity index (χ1n) is 7.74. The fourth-order valence-electron chi connectivity index (χ4n) is 2.53. The predicted molar refractivity (Wildman–Crippen MR) is 99.8 cm³/mol. The smallest absolute Gasteiger partial charge is 0.183 e. The lowest BCUT2D eigenvalue weighted by atomic mass is 10.1. The van der Waals surface area contributed by atoms with Crippen LogP contribution in [0.1, 0.15) is 16.7 Å². The van der Waals surface area contributed by atoms with Crippen LogP contribution in [0, 0.1) is 0 Å². The van der Waals surface area contributed by atoms with Gasteiger partial charge >= 0.3 is 0 Å². The molecule has 3 heteroatoms. The van der Waals surface area contributed by atoms with E-state index in [4.69, 9.17) is 0 Å². The highest BCUT2D eigenvalue weighted by Crippen LogP contribution is 2.27. The zero-order chi connectivity index (χ0) is 16.8. The lowest BCUT2D eigenvalue weighted by molar-refractivity contribution is 0.605. The Bertz CT molecular complexity index is 913. The Hall–Kier alpha value is -2.65. The highest BCUT2D eigenvalue weighted by molar-refractivity contribution is 8.00. The van der Waals surface area contributed by atoms with Crippen molar-refractivity contribution in [1.82, 2.24) is 0 Å². The first-order valence-corrected chi connectivity index (χ1v) is 9.39. The molecule has 3 aromatic carbocycles. The highest BCUT2D eigenvalue weighted by atomic mass is 32.2. The van der Waals surface area contributed by atoms with Gasteiger partial charge < -0.3 is 0 Å². The molecule has 2 nitrogen and oxygen atoms in total. The second-order valence-corrected chi connectivity index (χ2v) is 7.49. The Morgan fingerprint density at radius 1 is 0.708 bits per heavy atom. The lowest BCUT2D eigenvalue weighted by Crippen LogP contribution is -2.07. The largest absolute Gasteiger partial charge is 0.223 e. The number of rotatable bonds is 5. The van der Waals surface area contributed by atoms with Gasteiger partial charge in [-0.1, -0.05) is 91.0 Å². The summed E-state index contributed by atoms with van der Waals surface area (Å²) in [5.41, 5.74) is 2.36. The maximum atomic E-state index is 13.0. The zero-order valence-electron chi connectivity index (χ0n) is 13.2. The van der Waals surface area contributed by atoms with Crippen LogP contribution in [0.4, 0.5) is 0 Å². The monoisotopic (exact) mass is 334 g/mol. The Morgan fingerprint density at radius 2 is 1.21 bits per heavy atom. The quantitative estimate of drug-likeness (QED) is 0.628. The van der Waals surface area contributed by atoms with Gasteiger partial charge in [-0.25, -0.2) is 8.42 Å². The molecule has 0 saturated carbocycles. The third kappa shape index (κ3) is 4.00. The molecule has 24 heavy (non-hydrogen) atoms. The van der Waals surface area contributed by atoms with E-state index in [0.29, 0.717) is 10.5 Å². The van der Waals surface area contributed by atoms with E-state index in [9.17, 15) is 8.42 Å². The molecule has 3 aromatic rings. The number of hydrogen-bond donors (Lipinski definition) is 0. The fraction of sp³-hybridized carbons (Fsp3) is 0.0476. The second-order valence-electron chi connectivity index (χ2n) is 5.53. The molecule has 0 N–H and O–H groups in total. The molecule has 0 amide bonds. The predicted octanol–water partition coefficient (Wildman–Crippen LogP) is 4.80. The van der Waals surface area contributed by atoms with Crippen molar-refractivity contribution < 1.29 is 8.42 Å². The Labute approximate surface area is 143 Å². The van der Waals surface area contributed by atoms with Gasteiger partial charge in [0, 0.05) is 0 Å². The van der Waals surface area contributed by atoms with Crippen LogP contribution in [0.5, 0.6) is 0 Å². The van der Waals surface area contributed by atoms with Crippen molar-refractivity contribution in [3.8, 4) is 0 Å². The molecule has 0 atom stereocenters. The standard InChI is InChI=1S/C21H18O2S/c22-24(23,17-19-12-6-2-7-13-19)21(20-14-8-3-9-15-20)16-18-10-4-1-5-11-18/h1-16H,17H2/b21-16-. The van der Waals surface area contributed by atoms with E-state index >= 15 is 0 Å². The fourth-order valence-corrected chi connectivity index (χ4v) is 4.12. The Kier molecular flexibility index (Phi) is 4.92. The van der Waals surface area contributed by atoms with Crippen molar-refractivity contribution >= 4 is 20.8 Å². The van der Waals surface area contributed by atoms with Gasteiger partial charge in [-0.15, -0.1) is 0 Å². The van der Waals surface area contributed by atoms with Crippen molar-refractivity contribution in [2.75, 3.05) is 0 Å². The second kappa shape index (κ2) is 7.28. The SMILES string of the molecule is O=S(=O)(Cc1ccccc1)/C(=C\c1ccccc1)c1ccccc1. The van der Waals surface area contributed by atoms with Gasteiger partial charge in [0.25, 0.3) is 0 Å². The minimum absolute atomic E-state index is 0.0125. The summed E-state index contributed by atoms with van der Waals surface area (Å²) in [7, 11) is -3.47. The van der Waals surface area contributed by atoms with E-state index in [1.807, 2.05) is 91.0 Å². The number of sulfone groups is 1. The number of benzene rings is 3. The van der Waals surface area contributed by atoms with Gasteiger partial charge in [0.15, 0.2) is 9.84 Å². The summed E-state index contributed by atoms with van der Waals surface area (Å²) in [6.07, 6.45) is 1.74. The Balaban J connectivity index is 2.06. The maximum Gasteiger partial charge on any atom is 0.183 e. The molecule has 3 rings (SSSR count). The summed E-state index contributed by atoms with van der Waals surface area (Å²) in [5, 5.41) is 0. The molecule has 120 valence electrons. The van der Waals surface area contributed by atoms with E-state index in [-0.39, 0.29) is 5.75 Å². The summed E-state index contributed by atoms with van der Waals surface area (Å²) in [6.45, 7) is 0. The minimum Gasteiger partial charge on any atom is -0.223 e. The molecular weight excluding hydrogens is 316 g/mol. The molecule has 0 unspecified atom stereocenters. The molecule has 0 fully saturated rings. The molecule has 0 aliphatic rings. The summed E-state index contributed by atoms with van der Waals surface area (Å²) >= 11 is 0. The van der Waals surface area contributed by atoms with Gasteiger partial charge in [0.05, 0.1) is 10.7 Å². The first-order chi connectivity index (χ1) is 11.6. The van der Waals surface area contributed by atoms with E-state index in [1.54, 1.807) is 6.08 Å². The maximum absolute atomic E-state index is 13.0. The Morgan fingerprint density at radius 3 is 1.79 bits per heavy atom. The number of hydrogen-bond acceptors (Lipinski definition) is 2. The van der Waals surface area contributed by atoms with Gasteiger partial charge in [0.1, 0.15) is 0 Å². The van der Waals surface area contributed by atoms with Gasteiger partial charge in [-0.3, -0.25) is 0 Å². The molecule has 0 aliphatic heterocycles. The van der Waals surface area contributed by atoms with Crippen LogP contribution in [0.15, 0.2) is 91.0 Å². The van der Waals surface area contributed by atoms with Crippen molar-refractivity contribution in [3.63, 3.8) is 0 Å². The summed E-state index contributed by atoms with van der Waals surface area (Å²) in [6, 6.07) is 28.0. The molecule has 0 heterocycles. The van der Waals surface area contributed by atoms with Crippen LogP contribution in [0.25, 0.3) is 11.0 Å². The summed E-state index contributed by atoms with van der Waals surface area (Å²) in [5.74, 6) is -0.0125. The highest BCUT2D eigenvalue weighted by Gasteiger charge is 2.20. The molecular formula is C21H18O2S. The average molecular weight is 334 g/mol. The summed E-state index contributed by atoms with van der Waals surface area (Å²) in [4.78, 5) is 0.346. The van der Waals surface area contributed by atoms with Crippen LogP contribution >= 0.6 is 0 Å². The molecule has 0 radical (unpaired) electrons. The van der Waals surface area contributed by atoms with Crippen LogP contribution in [-0.4, -0.2) is 8.42 Å². The van der Waals surface area contributed by atoms with Crippen LogP contribution < -0.4 is 0 Å². The van der Waals surface area contributed by atoms with Crippen LogP contribution in [0.3, 0.4) is 0 Å². The molecule has 0 aliphatic carbocycles. The normalized spacial score (nSPS) is 12.1. The van der Waals surface area contributed by atoms with Crippen molar-refractivity contribution in [3.05, 3.63) is 108 Å². The van der Waals surface area contributed by atoms with Crippen LogP contribution in [-0.2, 0) is 15.6 Å². The topological polar surface area (TPSA) is 34.1 Å². The molecule has 0 bridgehead atoms. The van der Waals surface area contributed by atoms with Crippen LogP contribution in [0.2, 0.25) is 0 Å². The third-order valence-electron chi connectivity index (χ3n) is 3.69. The van der Waals surface area contributed by atoms with Crippen molar-refractivity contribution in [2.24, 2.45) is 0 Å². The van der Waals surface area contributed by atoms with Gasteiger partial charge in [0.2, 0.25) is 0 Å². The minimum atomic E-state index is -3.47. The first kappa shape index (κ1) is 16.2. The average Bonchev–Trinajstić information content (AvgIpc) is 2.62. The van der Waals surface area contributed by atoms with Gasteiger partial charge in [-0.05, 0) is 22.8 Å². The van der Waals surface area contributed by atoms with E-state index < -0.39 is 9.84 Å².